The maximum absolute atomic E-state index is 4.26. The van der Waals surface area contributed by atoms with Gasteiger partial charge in [-0.1, -0.05) is 24.2 Å². The zero-order valence-electron chi connectivity index (χ0n) is 14.2. The van der Waals surface area contributed by atoms with Gasteiger partial charge in [-0.3, -0.25) is 0 Å². The predicted molar refractivity (Wildman–Crippen MR) is 92.9 cm³/mol. The van der Waals surface area contributed by atoms with Gasteiger partial charge in [-0.2, -0.15) is 66.2 Å². The summed E-state index contributed by atoms with van der Waals surface area (Å²) in [5, 5.41) is 2.21. The molecule has 1 nitrogen and oxygen atoms in total. The summed E-state index contributed by atoms with van der Waals surface area (Å²) in [4.78, 5) is 4.26. The number of pyridine rings is 1. The van der Waals surface area contributed by atoms with E-state index in [-0.39, 0.29) is 90.9 Å². The topological polar surface area (TPSA) is 12.9 Å². The Hall–Kier alpha value is -0.0209. The van der Waals surface area contributed by atoms with Crippen LogP contribution >= 0.6 is 0 Å². The molecule has 3 aromatic carbocycles. The van der Waals surface area contributed by atoms with E-state index in [9.17, 15) is 0 Å². The van der Waals surface area contributed by atoms with Crippen molar-refractivity contribution in [2.45, 2.75) is 6.42 Å². The van der Waals surface area contributed by atoms with Crippen molar-refractivity contribution >= 4 is 10.8 Å². The van der Waals surface area contributed by atoms with Gasteiger partial charge in [0, 0.05) is 32.7 Å². The minimum atomic E-state index is 0. The minimum absolute atomic E-state index is 0. The second-order valence-electron chi connectivity index (χ2n) is 5.54. The van der Waals surface area contributed by atoms with Crippen molar-refractivity contribution in [1.29, 1.82) is 0 Å². The number of fused-ring (bicyclic) bond motifs is 1. The van der Waals surface area contributed by atoms with Gasteiger partial charge >= 0.3 is 58.2 Å². The Kier molecular flexibility index (Phi) is 8.81. The van der Waals surface area contributed by atoms with Crippen molar-refractivity contribution in [2.75, 3.05) is 0 Å². The fourth-order valence-corrected chi connectivity index (χ4v) is 2.82. The van der Waals surface area contributed by atoms with Gasteiger partial charge in [-0.25, -0.2) is 0 Å². The van der Waals surface area contributed by atoms with Crippen LogP contribution in [0.2, 0.25) is 0 Å². The summed E-state index contributed by atoms with van der Waals surface area (Å²) in [6.07, 6.45) is 5.86. The maximum atomic E-state index is 4.26. The molecule has 0 N–H and O–H groups in total. The van der Waals surface area contributed by atoms with Crippen molar-refractivity contribution in [3.05, 3.63) is 102 Å². The van der Waals surface area contributed by atoms with Gasteiger partial charge in [0.25, 0.3) is 0 Å². The Bertz CT molecular complexity index is 940. The van der Waals surface area contributed by atoms with Crippen LogP contribution in [0.25, 0.3) is 21.9 Å². The molecule has 0 aliphatic heterocycles. The summed E-state index contributed by atoms with van der Waals surface area (Å²) in [7, 11) is 0. The van der Waals surface area contributed by atoms with Gasteiger partial charge < -0.3 is 4.98 Å². The summed E-state index contributed by atoms with van der Waals surface area (Å²) < 4.78 is 0. The van der Waals surface area contributed by atoms with E-state index in [1.165, 1.54) is 16.5 Å². The molecule has 0 atom stereocenters. The quantitative estimate of drug-likeness (QED) is 0.420. The van der Waals surface area contributed by atoms with Crippen molar-refractivity contribution in [3.8, 4) is 11.1 Å². The molecule has 0 unspecified atom stereocenters. The molecule has 0 saturated carbocycles. The van der Waals surface area contributed by atoms with Crippen LogP contribution in [0, 0.1) is 18.3 Å². The van der Waals surface area contributed by atoms with Gasteiger partial charge in [-0.05, 0) is 6.20 Å². The summed E-state index contributed by atoms with van der Waals surface area (Å²) in [6, 6.07) is 28.9. The first-order valence-corrected chi connectivity index (χ1v) is 7.61. The number of aromatic nitrogens is 1. The third-order valence-corrected chi connectivity index (χ3v) is 3.95. The van der Waals surface area contributed by atoms with Crippen LogP contribution in [0.4, 0.5) is 0 Å². The zero-order chi connectivity index (χ0) is 15.5. The zero-order valence-corrected chi connectivity index (χ0v) is 21.9. The average Bonchev–Trinajstić information content (AvgIpc) is 2.63. The molecule has 0 saturated heterocycles. The first kappa shape index (κ1) is 21.3. The summed E-state index contributed by atoms with van der Waals surface area (Å²) in [5.41, 5.74) is 4.79. The Morgan fingerprint density at radius 3 is 2.40 bits per heavy atom. The molecule has 0 fully saturated rings. The summed E-state index contributed by atoms with van der Waals surface area (Å²) in [5.74, 6) is 0. The van der Waals surface area contributed by atoms with Crippen LogP contribution in [0.3, 0.4) is 0 Å². The van der Waals surface area contributed by atoms with Crippen LogP contribution < -0.4 is 58.2 Å². The second-order valence-corrected chi connectivity index (χ2v) is 5.54. The van der Waals surface area contributed by atoms with Gasteiger partial charge in [0.1, 0.15) is 0 Å². The van der Waals surface area contributed by atoms with E-state index in [1.807, 2.05) is 42.6 Å². The molecule has 4 aromatic rings. The molecule has 4 rings (SSSR count). The Labute approximate surface area is 222 Å². The monoisotopic (exact) mass is 466 g/mol. The molecule has 113 valence electrons. The normalized spacial score (nSPS) is 9.92. The molecule has 0 amide bonds. The molecular formula is C22H14NRbY-2. The van der Waals surface area contributed by atoms with Crippen LogP contribution in [-0.2, 0) is 39.1 Å². The number of rotatable bonds is 3. The predicted octanol–water partition coefficient (Wildman–Crippen LogP) is 1.89. The molecule has 1 aromatic heterocycles. The Morgan fingerprint density at radius 1 is 0.880 bits per heavy atom. The molecule has 0 spiro atoms. The van der Waals surface area contributed by atoms with E-state index in [4.69, 9.17) is 0 Å². The van der Waals surface area contributed by atoms with E-state index < -0.39 is 0 Å². The molecule has 25 heavy (non-hydrogen) atoms. The first-order chi connectivity index (χ1) is 11.4. The number of benzene rings is 3. The number of hydrogen-bond donors (Lipinski definition) is 0. The van der Waals surface area contributed by atoms with Crippen molar-refractivity contribution in [1.82, 2.24) is 4.98 Å². The SMILES string of the molecule is [Rb+].[Y].[c-]1cccc(Cc2ccc3[c-]ncc(-c4c[c-]ccc4)c3c2)c1. The minimum Gasteiger partial charge on any atom is -0.360 e. The summed E-state index contributed by atoms with van der Waals surface area (Å²) in [6.45, 7) is 0. The molecule has 0 aliphatic rings. The van der Waals surface area contributed by atoms with E-state index in [2.05, 4.69) is 53.6 Å². The van der Waals surface area contributed by atoms with E-state index >= 15 is 0 Å². The summed E-state index contributed by atoms with van der Waals surface area (Å²) >= 11 is 0. The second kappa shape index (κ2) is 10.3. The molecule has 0 bridgehead atoms. The third-order valence-electron chi connectivity index (χ3n) is 3.95. The largest absolute Gasteiger partial charge is 1.00 e. The molecule has 0 aliphatic carbocycles. The standard InChI is InChI=1S/C22H14N.Rb.Y/c1-3-7-17(8-4-1)13-18-11-12-20-15-23-16-22(21(20)14-18)19-9-5-2-6-10-19;;/h1-3,5,7-12,14,16H,13H2;;/q-3;+1;. The Balaban J connectivity index is 0.00000113. The maximum Gasteiger partial charge on any atom is 1.00 e. The van der Waals surface area contributed by atoms with Crippen molar-refractivity contribution in [2.24, 2.45) is 0 Å². The van der Waals surface area contributed by atoms with E-state index in [1.54, 1.807) is 0 Å². The molecular weight excluding hydrogens is 453 g/mol. The molecule has 3 heteroatoms. The van der Waals surface area contributed by atoms with Crippen LogP contribution in [-0.4, -0.2) is 4.98 Å². The van der Waals surface area contributed by atoms with Crippen molar-refractivity contribution in [3.63, 3.8) is 0 Å². The van der Waals surface area contributed by atoms with Crippen LogP contribution in [0.5, 0.6) is 0 Å². The van der Waals surface area contributed by atoms with Gasteiger partial charge in [0.05, 0.1) is 0 Å². The average molecular weight is 467 g/mol. The van der Waals surface area contributed by atoms with E-state index in [0.717, 1.165) is 22.9 Å². The fourth-order valence-electron chi connectivity index (χ4n) is 2.82. The van der Waals surface area contributed by atoms with Gasteiger partial charge in [0.15, 0.2) is 0 Å². The smallest absolute Gasteiger partial charge is 0.360 e. The number of hydrogen-bond acceptors (Lipinski definition) is 1. The molecule has 1 radical (unpaired) electrons. The van der Waals surface area contributed by atoms with Crippen LogP contribution in [0.15, 0.2) is 72.9 Å². The van der Waals surface area contributed by atoms with Gasteiger partial charge in [0.2, 0.25) is 0 Å². The van der Waals surface area contributed by atoms with Gasteiger partial charge in [-0.15, -0.1) is 34.0 Å². The van der Waals surface area contributed by atoms with E-state index in [0.29, 0.717) is 0 Å². The first-order valence-electron chi connectivity index (χ1n) is 7.61. The van der Waals surface area contributed by atoms with Crippen molar-refractivity contribution < 1.29 is 90.9 Å². The third kappa shape index (κ3) is 5.25. The molecule has 1 heterocycles. The van der Waals surface area contributed by atoms with Crippen LogP contribution in [0.1, 0.15) is 11.1 Å². The Morgan fingerprint density at radius 2 is 1.68 bits per heavy atom. The number of nitrogens with zero attached hydrogens (tertiary/aromatic N) is 1. The fraction of sp³-hybridized carbons (Fsp3) is 0.0455.